The van der Waals surface area contributed by atoms with Crippen molar-refractivity contribution in [3.05, 3.63) is 135 Å². The Morgan fingerprint density at radius 2 is 1.84 bits per heavy atom. The zero-order chi connectivity index (χ0) is 30.5. The van der Waals surface area contributed by atoms with Gasteiger partial charge in [-0.05, 0) is 75.8 Å². The number of thiazole rings is 1. The number of benzene rings is 3. The molecule has 5 aromatic rings. The molecule has 11 heteroatoms. The number of non-ortho nitro benzene ring substituents is 1. The Hall–Kier alpha value is -4.74. The third-order valence-corrected chi connectivity index (χ3v) is 9.56. The highest BCUT2D eigenvalue weighted by Gasteiger charge is 2.33. The molecule has 1 aliphatic carbocycles. The summed E-state index contributed by atoms with van der Waals surface area (Å²) in [5, 5.41) is 11.1. The molecule has 0 saturated heterocycles. The lowest BCUT2D eigenvalue weighted by molar-refractivity contribution is -0.384. The van der Waals surface area contributed by atoms with Gasteiger partial charge in [0.15, 0.2) is 16.3 Å². The van der Waals surface area contributed by atoms with E-state index in [1.54, 1.807) is 43.1 Å². The van der Waals surface area contributed by atoms with Gasteiger partial charge in [0.2, 0.25) is 0 Å². The number of rotatable bonds is 6. The fourth-order valence-corrected chi connectivity index (χ4v) is 7.41. The second kappa shape index (κ2) is 11.1. The summed E-state index contributed by atoms with van der Waals surface area (Å²) >= 11 is 4.72. The number of furan rings is 1. The van der Waals surface area contributed by atoms with Crippen LogP contribution in [0.4, 0.5) is 5.69 Å². The van der Waals surface area contributed by atoms with Crippen LogP contribution >= 0.6 is 27.3 Å². The van der Waals surface area contributed by atoms with Crippen LogP contribution in [0.25, 0.3) is 23.1 Å². The molecular formula is C33H24BrN3O6S. The number of aryl methyl sites for hydroxylation is 1. The lowest BCUT2D eigenvalue weighted by Gasteiger charge is -2.31. The summed E-state index contributed by atoms with van der Waals surface area (Å²) in [4.78, 5) is 30.5. The van der Waals surface area contributed by atoms with Gasteiger partial charge in [0.05, 0.1) is 35.4 Å². The molecule has 3 aromatic carbocycles. The molecule has 44 heavy (non-hydrogen) atoms. The second-order valence-electron chi connectivity index (χ2n) is 10.4. The van der Waals surface area contributed by atoms with Gasteiger partial charge in [-0.25, -0.2) is 4.99 Å². The maximum absolute atomic E-state index is 14.1. The first-order chi connectivity index (χ1) is 21.4. The number of nitro benzene ring substituents is 1. The van der Waals surface area contributed by atoms with Crippen molar-refractivity contribution in [3.8, 4) is 22.8 Å². The number of nitrogens with zero attached hydrogens (tertiary/aromatic N) is 3. The van der Waals surface area contributed by atoms with Gasteiger partial charge in [0.25, 0.3) is 11.2 Å². The summed E-state index contributed by atoms with van der Waals surface area (Å²) in [5.74, 6) is 2.19. The van der Waals surface area contributed by atoms with Crippen molar-refractivity contribution in [3.63, 3.8) is 0 Å². The van der Waals surface area contributed by atoms with E-state index in [1.165, 1.54) is 29.0 Å². The Balaban J connectivity index is 1.38. The van der Waals surface area contributed by atoms with Crippen LogP contribution in [0, 0.1) is 10.1 Å². The predicted molar refractivity (Wildman–Crippen MR) is 171 cm³/mol. The standard InChI is InChI=1S/C33H24BrN3O6S/c1-41-27-13-8-19(15-28(27)42-2)31-24-11-7-18-5-3-4-6-22(18)30(24)35-33-36(31)32(38)29(44-33)17-21-10-14-26(43-21)23-12-9-20(37(39)40)16-25(23)34/h3-6,8-10,12-17,31H,7,11H2,1-2H3/b29-17-/t31-/m1/s1. The van der Waals surface area contributed by atoms with E-state index in [2.05, 4.69) is 28.1 Å². The average Bonchev–Trinajstić information content (AvgIpc) is 3.63. The molecule has 2 aliphatic rings. The summed E-state index contributed by atoms with van der Waals surface area (Å²) in [6.45, 7) is 0. The van der Waals surface area contributed by atoms with Gasteiger partial charge in [0.1, 0.15) is 11.5 Å². The Bertz CT molecular complexity index is 2200. The highest BCUT2D eigenvalue weighted by Crippen LogP contribution is 2.43. The van der Waals surface area contributed by atoms with Crippen molar-refractivity contribution in [2.24, 2.45) is 4.99 Å². The third-order valence-electron chi connectivity index (χ3n) is 7.93. The van der Waals surface area contributed by atoms with Gasteiger partial charge >= 0.3 is 0 Å². The Morgan fingerprint density at radius 1 is 1.02 bits per heavy atom. The van der Waals surface area contributed by atoms with Crippen LogP contribution in [-0.2, 0) is 6.42 Å². The van der Waals surface area contributed by atoms with Gasteiger partial charge in [-0.2, -0.15) is 0 Å². The number of fused-ring (bicyclic) bond motifs is 3. The molecule has 0 saturated carbocycles. The topological polar surface area (TPSA) is 109 Å². The Morgan fingerprint density at radius 3 is 2.61 bits per heavy atom. The van der Waals surface area contributed by atoms with E-state index < -0.39 is 4.92 Å². The molecule has 0 spiro atoms. The maximum atomic E-state index is 14.1. The highest BCUT2D eigenvalue weighted by molar-refractivity contribution is 9.10. The Kier molecular flexibility index (Phi) is 7.06. The first-order valence-corrected chi connectivity index (χ1v) is 15.4. The maximum Gasteiger partial charge on any atom is 0.271 e. The minimum absolute atomic E-state index is 0.0251. The summed E-state index contributed by atoms with van der Waals surface area (Å²) in [6, 6.07) is 21.7. The minimum atomic E-state index is -0.451. The lowest BCUT2D eigenvalue weighted by atomic mass is 9.83. The minimum Gasteiger partial charge on any atom is -0.493 e. The highest BCUT2D eigenvalue weighted by atomic mass is 79.9. The van der Waals surface area contributed by atoms with E-state index in [0.717, 1.165) is 35.2 Å². The normalized spacial score (nSPS) is 15.7. The van der Waals surface area contributed by atoms with E-state index in [9.17, 15) is 14.9 Å². The predicted octanol–water partition coefficient (Wildman–Crippen LogP) is 6.27. The van der Waals surface area contributed by atoms with Crippen LogP contribution in [0.2, 0.25) is 0 Å². The number of ether oxygens (including phenoxy) is 2. The molecule has 7 rings (SSSR count). The second-order valence-corrected chi connectivity index (χ2v) is 12.2. The van der Waals surface area contributed by atoms with E-state index in [1.807, 2.05) is 30.3 Å². The molecule has 2 aromatic heterocycles. The van der Waals surface area contributed by atoms with Crippen molar-refractivity contribution in [2.75, 3.05) is 14.2 Å². The molecule has 0 unspecified atom stereocenters. The van der Waals surface area contributed by atoms with Crippen LogP contribution < -0.4 is 24.4 Å². The van der Waals surface area contributed by atoms with Crippen molar-refractivity contribution < 1.29 is 18.8 Å². The number of nitro groups is 1. The fraction of sp³-hybridized carbons (Fsp3) is 0.152. The molecule has 0 amide bonds. The van der Waals surface area contributed by atoms with E-state index in [0.29, 0.717) is 42.4 Å². The van der Waals surface area contributed by atoms with Crippen LogP contribution in [-0.4, -0.2) is 23.7 Å². The largest absolute Gasteiger partial charge is 0.493 e. The molecule has 0 fully saturated rings. The van der Waals surface area contributed by atoms with Gasteiger partial charge in [-0.1, -0.05) is 41.7 Å². The van der Waals surface area contributed by atoms with Crippen LogP contribution in [0.15, 0.2) is 97.0 Å². The van der Waals surface area contributed by atoms with Crippen LogP contribution in [0.5, 0.6) is 11.5 Å². The molecule has 1 atom stereocenters. The van der Waals surface area contributed by atoms with E-state index >= 15 is 0 Å². The molecule has 0 bridgehead atoms. The molecule has 3 heterocycles. The monoisotopic (exact) mass is 669 g/mol. The zero-order valence-electron chi connectivity index (χ0n) is 23.6. The number of hydrogen-bond donors (Lipinski definition) is 0. The quantitative estimate of drug-likeness (QED) is 0.156. The van der Waals surface area contributed by atoms with Gasteiger partial charge in [-0.3, -0.25) is 19.5 Å². The molecular weight excluding hydrogens is 646 g/mol. The number of halogens is 1. The molecule has 1 aliphatic heterocycles. The average molecular weight is 671 g/mol. The summed E-state index contributed by atoms with van der Waals surface area (Å²) < 4.78 is 20.0. The summed E-state index contributed by atoms with van der Waals surface area (Å²) in [5.41, 5.74) is 5.68. The van der Waals surface area contributed by atoms with E-state index in [-0.39, 0.29) is 17.3 Å². The van der Waals surface area contributed by atoms with Gasteiger partial charge < -0.3 is 13.9 Å². The smallest absolute Gasteiger partial charge is 0.271 e. The zero-order valence-corrected chi connectivity index (χ0v) is 26.0. The third kappa shape index (κ3) is 4.68. The number of hydrogen-bond acceptors (Lipinski definition) is 8. The molecule has 220 valence electrons. The van der Waals surface area contributed by atoms with Crippen molar-refractivity contribution >= 4 is 44.7 Å². The van der Waals surface area contributed by atoms with Crippen molar-refractivity contribution in [2.45, 2.75) is 18.9 Å². The SMILES string of the molecule is COc1ccc([C@@H]2C3=C(N=c4s/c(=C\c5ccc(-c6ccc([N+](=O)[O-])cc6Br)o5)c(=O)n42)c2ccccc2CC3)cc1OC. The number of allylic oxidation sites excluding steroid dienone is 1. The molecule has 0 radical (unpaired) electrons. The first kappa shape index (κ1) is 28.1. The van der Waals surface area contributed by atoms with Crippen molar-refractivity contribution in [1.29, 1.82) is 0 Å². The lowest BCUT2D eigenvalue weighted by Crippen LogP contribution is -2.38. The van der Waals surface area contributed by atoms with Gasteiger partial charge in [-0.15, -0.1) is 0 Å². The molecule has 0 N–H and O–H groups in total. The first-order valence-electron chi connectivity index (χ1n) is 13.8. The number of methoxy groups -OCH3 is 2. The van der Waals surface area contributed by atoms with Crippen LogP contribution in [0.3, 0.4) is 0 Å². The van der Waals surface area contributed by atoms with Gasteiger partial charge in [0, 0.05) is 33.8 Å². The Labute approximate surface area is 263 Å². The van der Waals surface area contributed by atoms with E-state index in [4.69, 9.17) is 18.9 Å². The summed E-state index contributed by atoms with van der Waals surface area (Å²) in [7, 11) is 3.20. The summed E-state index contributed by atoms with van der Waals surface area (Å²) in [6.07, 6.45) is 3.34. The fourth-order valence-electron chi connectivity index (χ4n) is 5.87. The number of aromatic nitrogens is 1. The van der Waals surface area contributed by atoms with Crippen LogP contribution in [0.1, 0.15) is 34.9 Å². The molecule has 9 nitrogen and oxygen atoms in total. The van der Waals surface area contributed by atoms with Crippen molar-refractivity contribution in [1.82, 2.24) is 4.57 Å².